The second kappa shape index (κ2) is 3.56. The summed E-state index contributed by atoms with van der Waals surface area (Å²) in [5.41, 5.74) is 2.26. The molecule has 1 heterocycles. The minimum absolute atomic E-state index is 0.647. The van der Waals surface area contributed by atoms with Crippen LogP contribution in [0.2, 0.25) is 0 Å². The summed E-state index contributed by atoms with van der Waals surface area (Å²) in [6, 6.07) is 8.24. The first-order valence-electron chi connectivity index (χ1n) is 5.27. The number of rotatable bonds is 1. The molecule has 2 aromatic rings. The van der Waals surface area contributed by atoms with E-state index >= 15 is 0 Å². The van der Waals surface area contributed by atoms with Gasteiger partial charge in [-0.3, -0.25) is 0 Å². The van der Waals surface area contributed by atoms with E-state index in [9.17, 15) is 0 Å². The van der Waals surface area contributed by atoms with Crippen LogP contribution < -0.4 is 0 Å². The minimum Gasteiger partial charge on any atom is -0.226 e. The molecule has 1 saturated carbocycles. The first kappa shape index (κ1) is 9.28. The van der Waals surface area contributed by atoms with E-state index in [-0.39, 0.29) is 0 Å². The Labute approximate surface area is 96.9 Å². The van der Waals surface area contributed by atoms with Crippen molar-refractivity contribution in [2.45, 2.75) is 25.2 Å². The van der Waals surface area contributed by atoms with Gasteiger partial charge in [-0.2, -0.15) is 0 Å². The Kier molecular flexibility index (Phi) is 2.20. The molecule has 0 radical (unpaired) electrons. The number of para-hydroxylation sites is 1. The van der Waals surface area contributed by atoms with Crippen LogP contribution >= 0.6 is 15.9 Å². The molecule has 1 aromatic heterocycles. The predicted octanol–water partition coefficient (Wildman–Crippen LogP) is 3.66. The maximum Gasteiger partial charge on any atom is 0.197 e. The highest BCUT2D eigenvalue weighted by Crippen LogP contribution is 2.38. The highest BCUT2D eigenvalue weighted by Gasteiger charge is 2.23. The summed E-state index contributed by atoms with van der Waals surface area (Å²) in [5.74, 6) is 0.647. The lowest BCUT2D eigenvalue weighted by Crippen LogP contribution is -2.11. The molecule has 0 aliphatic heterocycles. The van der Waals surface area contributed by atoms with Gasteiger partial charge in [-0.05, 0) is 34.8 Å². The average Bonchev–Trinajstić information content (AvgIpc) is 2.14. The quantitative estimate of drug-likeness (QED) is 0.734. The molecule has 0 bridgehead atoms. The Morgan fingerprint density at radius 3 is 2.67 bits per heavy atom. The molecule has 0 atom stereocenters. The van der Waals surface area contributed by atoms with Gasteiger partial charge in [0, 0.05) is 11.3 Å². The van der Waals surface area contributed by atoms with Crippen molar-refractivity contribution < 1.29 is 0 Å². The summed E-state index contributed by atoms with van der Waals surface area (Å²) >= 11 is 3.38. The van der Waals surface area contributed by atoms with Crippen molar-refractivity contribution in [2.24, 2.45) is 0 Å². The summed E-state index contributed by atoms with van der Waals surface area (Å²) in [5, 5.41) is 1.21. The minimum atomic E-state index is 0.647. The molecule has 1 aromatic carbocycles. The van der Waals surface area contributed by atoms with Gasteiger partial charge >= 0.3 is 0 Å². The molecule has 1 aliphatic carbocycles. The molecule has 0 spiro atoms. The molecule has 3 heteroatoms. The number of halogens is 1. The second-order valence-electron chi connectivity index (χ2n) is 4.02. The van der Waals surface area contributed by atoms with E-state index in [0.29, 0.717) is 10.7 Å². The predicted molar refractivity (Wildman–Crippen MR) is 63.8 cm³/mol. The fraction of sp³-hybridized carbons (Fsp3) is 0.333. The van der Waals surface area contributed by atoms with Crippen LogP contribution in [0, 0.1) is 0 Å². The topological polar surface area (TPSA) is 25.8 Å². The van der Waals surface area contributed by atoms with Gasteiger partial charge in [-0.1, -0.05) is 24.6 Å². The third kappa shape index (κ3) is 1.55. The zero-order valence-electron chi connectivity index (χ0n) is 8.28. The van der Waals surface area contributed by atoms with E-state index in [1.807, 2.05) is 12.1 Å². The van der Waals surface area contributed by atoms with Crippen molar-refractivity contribution in [1.82, 2.24) is 9.97 Å². The van der Waals surface area contributed by atoms with Crippen LogP contribution in [-0.2, 0) is 0 Å². The Bertz CT molecular complexity index is 506. The third-order valence-corrected chi connectivity index (χ3v) is 3.45. The molecular weight excluding hydrogens is 252 g/mol. The normalized spacial score (nSPS) is 16.6. The van der Waals surface area contributed by atoms with Crippen molar-refractivity contribution >= 4 is 26.8 Å². The first-order chi connectivity index (χ1) is 7.34. The van der Waals surface area contributed by atoms with Crippen LogP contribution in [0.4, 0.5) is 0 Å². The van der Waals surface area contributed by atoms with Gasteiger partial charge in [0.2, 0.25) is 0 Å². The molecule has 3 rings (SSSR count). The summed E-state index contributed by atoms with van der Waals surface area (Å²) in [4.78, 5) is 8.91. The van der Waals surface area contributed by atoms with Crippen LogP contribution in [0.1, 0.15) is 30.9 Å². The van der Waals surface area contributed by atoms with E-state index in [1.54, 1.807) is 0 Å². The van der Waals surface area contributed by atoms with Crippen LogP contribution in [0.15, 0.2) is 29.0 Å². The van der Waals surface area contributed by atoms with Crippen molar-refractivity contribution in [3.05, 3.63) is 34.7 Å². The van der Waals surface area contributed by atoms with Gasteiger partial charge in [0.1, 0.15) is 0 Å². The molecule has 0 N–H and O–H groups in total. The lowest BCUT2D eigenvalue weighted by Gasteiger charge is -2.25. The highest BCUT2D eigenvalue weighted by atomic mass is 79.9. The first-order valence-corrected chi connectivity index (χ1v) is 6.06. The Hall–Kier alpha value is -0.960. The van der Waals surface area contributed by atoms with Crippen molar-refractivity contribution in [1.29, 1.82) is 0 Å². The van der Waals surface area contributed by atoms with Crippen molar-refractivity contribution in [3.8, 4) is 0 Å². The molecule has 1 fully saturated rings. The zero-order chi connectivity index (χ0) is 10.3. The van der Waals surface area contributed by atoms with Crippen LogP contribution in [-0.4, -0.2) is 9.97 Å². The van der Waals surface area contributed by atoms with Gasteiger partial charge in [0.25, 0.3) is 0 Å². The van der Waals surface area contributed by atoms with E-state index in [4.69, 9.17) is 0 Å². The third-order valence-electron chi connectivity index (χ3n) is 3.10. The zero-order valence-corrected chi connectivity index (χ0v) is 9.87. The van der Waals surface area contributed by atoms with Gasteiger partial charge in [0.15, 0.2) is 4.73 Å². The van der Waals surface area contributed by atoms with Crippen LogP contribution in [0.3, 0.4) is 0 Å². The molecule has 0 unspecified atom stereocenters. The molecule has 2 nitrogen and oxygen atoms in total. The summed E-state index contributed by atoms with van der Waals surface area (Å²) in [6.07, 6.45) is 3.88. The van der Waals surface area contributed by atoms with Crippen LogP contribution in [0.25, 0.3) is 10.9 Å². The number of hydrogen-bond acceptors (Lipinski definition) is 2. The van der Waals surface area contributed by atoms with Gasteiger partial charge < -0.3 is 0 Å². The largest absolute Gasteiger partial charge is 0.226 e. The standard InChI is InChI=1S/C12H11BrN2/c13-12-14-10-7-2-1-6-9(10)11(15-12)8-4-3-5-8/h1-2,6-8H,3-5H2. The van der Waals surface area contributed by atoms with Crippen molar-refractivity contribution in [2.75, 3.05) is 0 Å². The second-order valence-corrected chi connectivity index (χ2v) is 4.73. The highest BCUT2D eigenvalue weighted by molar-refractivity contribution is 9.10. The maximum atomic E-state index is 4.53. The van der Waals surface area contributed by atoms with Crippen LogP contribution in [0.5, 0.6) is 0 Å². The smallest absolute Gasteiger partial charge is 0.197 e. The van der Waals surface area contributed by atoms with E-state index in [1.165, 1.54) is 30.3 Å². The van der Waals surface area contributed by atoms with E-state index in [2.05, 4.69) is 38.0 Å². The summed E-state index contributed by atoms with van der Waals surface area (Å²) in [6.45, 7) is 0. The fourth-order valence-corrected chi connectivity index (χ4v) is 2.45. The molecule has 15 heavy (non-hydrogen) atoms. The maximum absolute atomic E-state index is 4.53. The Morgan fingerprint density at radius 1 is 1.13 bits per heavy atom. The number of hydrogen-bond donors (Lipinski definition) is 0. The monoisotopic (exact) mass is 262 g/mol. The lowest BCUT2D eigenvalue weighted by molar-refractivity contribution is 0.413. The Morgan fingerprint density at radius 2 is 1.93 bits per heavy atom. The van der Waals surface area contributed by atoms with E-state index < -0.39 is 0 Å². The molecule has 0 saturated heterocycles. The average molecular weight is 263 g/mol. The molecule has 1 aliphatic rings. The molecule has 76 valence electrons. The molecular formula is C12H11BrN2. The summed E-state index contributed by atoms with van der Waals surface area (Å²) in [7, 11) is 0. The van der Waals surface area contributed by atoms with E-state index in [0.717, 1.165) is 5.52 Å². The Balaban J connectivity index is 2.25. The fourth-order valence-electron chi connectivity index (χ4n) is 2.06. The number of fused-ring (bicyclic) bond motifs is 1. The number of aromatic nitrogens is 2. The summed E-state index contributed by atoms with van der Waals surface area (Å²) < 4.78 is 0.711. The number of benzene rings is 1. The lowest BCUT2D eigenvalue weighted by atomic mass is 9.81. The molecule has 0 amide bonds. The van der Waals surface area contributed by atoms with Crippen molar-refractivity contribution in [3.63, 3.8) is 0 Å². The van der Waals surface area contributed by atoms with Gasteiger partial charge in [-0.25, -0.2) is 9.97 Å². The number of nitrogens with zero attached hydrogens (tertiary/aromatic N) is 2. The van der Waals surface area contributed by atoms with Gasteiger partial charge in [-0.15, -0.1) is 0 Å². The van der Waals surface area contributed by atoms with Gasteiger partial charge in [0.05, 0.1) is 11.2 Å². The SMILES string of the molecule is Brc1nc(C2CCC2)c2ccccc2n1.